The van der Waals surface area contributed by atoms with Crippen molar-refractivity contribution in [3.05, 3.63) is 18.2 Å². The summed E-state index contributed by atoms with van der Waals surface area (Å²) in [6, 6.07) is 3.22. The Bertz CT molecular complexity index is 621. The van der Waals surface area contributed by atoms with E-state index in [1.165, 1.54) is 6.07 Å². The molecule has 0 atom stereocenters. The second-order valence-electron chi connectivity index (χ2n) is 3.13. The zero-order valence-corrected chi connectivity index (χ0v) is 10.6. The number of ether oxygens (including phenoxy) is 1. The molecule has 0 unspecified atom stereocenters. The molecule has 7 nitrogen and oxygen atoms in total. The Labute approximate surface area is 99.5 Å². The van der Waals surface area contributed by atoms with E-state index in [0.717, 1.165) is 12.1 Å². The molecule has 0 radical (unpaired) electrons. The Balaban J connectivity index is 3.51. The third-order valence-electron chi connectivity index (χ3n) is 1.85. The van der Waals surface area contributed by atoms with Crippen molar-refractivity contribution in [2.75, 3.05) is 6.61 Å². The summed E-state index contributed by atoms with van der Waals surface area (Å²) in [6.45, 7) is 1.87. The van der Waals surface area contributed by atoms with Gasteiger partial charge >= 0.3 is 0 Å². The Hall–Kier alpha value is -1.16. The van der Waals surface area contributed by atoms with E-state index in [1.807, 2.05) is 0 Å². The van der Waals surface area contributed by atoms with Crippen molar-refractivity contribution in [1.82, 2.24) is 0 Å². The summed E-state index contributed by atoms with van der Waals surface area (Å²) in [6.07, 6.45) is 0. The van der Waals surface area contributed by atoms with Crippen LogP contribution in [0, 0.1) is 0 Å². The molecule has 96 valence electrons. The van der Waals surface area contributed by atoms with Gasteiger partial charge in [-0.1, -0.05) is 0 Å². The van der Waals surface area contributed by atoms with Gasteiger partial charge in [0.25, 0.3) is 0 Å². The number of rotatable bonds is 4. The van der Waals surface area contributed by atoms with Crippen LogP contribution < -0.4 is 15.0 Å². The van der Waals surface area contributed by atoms with Crippen LogP contribution in [0.15, 0.2) is 28.0 Å². The van der Waals surface area contributed by atoms with Crippen molar-refractivity contribution in [3.8, 4) is 5.75 Å². The van der Waals surface area contributed by atoms with Crippen molar-refractivity contribution in [2.45, 2.75) is 16.7 Å². The van der Waals surface area contributed by atoms with E-state index < -0.39 is 24.9 Å². The van der Waals surface area contributed by atoms with Crippen LogP contribution in [0.4, 0.5) is 0 Å². The van der Waals surface area contributed by atoms with Gasteiger partial charge in [-0.15, -0.1) is 0 Å². The third kappa shape index (κ3) is 3.40. The highest BCUT2D eigenvalue weighted by atomic mass is 32.2. The van der Waals surface area contributed by atoms with Crippen LogP contribution in [0.25, 0.3) is 0 Å². The molecule has 0 aromatic heterocycles. The second kappa shape index (κ2) is 4.61. The molecule has 0 aliphatic rings. The maximum Gasteiger partial charge on any atom is 0.241 e. The monoisotopic (exact) mass is 280 g/mol. The van der Waals surface area contributed by atoms with Gasteiger partial charge in [-0.25, -0.2) is 27.1 Å². The van der Waals surface area contributed by atoms with Crippen molar-refractivity contribution >= 4 is 20.0 Å². The maximum atomic E-state index is 11.3. The van der Waals surface area contributed by atoms with Crippen LogP contribution in [0.5, 0.6) is 5.75 Å². The van der Waals surface area contributed by atoms with Crippen LogP contribution in [0.2, 0.25) is 0 Å². The minimum absolute atomic E-state index is 0.0117. The first-order valence-electron chi connectivity index (χ1n) is 4.48. The van der Waals surface area contributed by atoms with E-state index >= 15 is 0 Å². The fourth-order valence-corrected chi connectivity index (χ4v) is 2.48. The Morgan fingerprint density at radius 2 is 1.71 bits per heavy atom. The zero-order valence-electron chi connectivity index (χ0n) is 8.95. The predicted molar refractivity (Wildman–Crippen MR) is 60.4 cm³/mol. The van der Waals surface area contributed by atoms with Gasteiger partial charge in [0.1, 0.15) is 10.6 Å². The molecule has 0 amide bonds. The molecule has 17 heavy (non-hydrogen) atoms. The van der Waals surface area contributed by atoms with E-state index in [1.54, 1.807) is 6.92 Å². The summed E-state index contributed by atoms with van der Waals surface area (Å²) in [4.78, 5) is -0.754. The van der Waals surface area contributed by atoms with E-state index in [2.05, 4.69) is 0 Å². The van der Waals surface area contributed by atoms with Crippen LogP contribution >= 0.6 is 0 Å². The van der Waals surface area contributed by atoms with Gasteiger partial charge < -0.3 is 4.74 Å². The molecular formula is C8H12N2O5S2. The average Bonchev–Trinajstić information content (AvgIpc) is 2.15. The highest BCUT2D eigenvalue weighted by Crippen LogP contribution is 2.25. The third-order valence-corrected chi connectivity index (χ3v) is 3.69. The quantitative estimate of drug-likeness (QED) is 0.759. The number of nitrogens with two attached hydrogens (primary N) is 2. The van der Waals surface area contributed by atoms with E-state index in [9.17, 15) is 16.8 Å². The Morgan fingerprint density at radius 3 is 2.12 bits per heavy atom. The highest BCUT2D eigenvalue weighted by molar-refractivity contribution is 7.90. The second-order valence-corrected chi connectivity index (χ2v) is 6.22. The molecule has 0 aliphatic carbocycles. The van der Waals surface area contributed by atoms with Gasteiger partial charge in [-0.2, -0.15) is 0 Å². The molecule has 9 heteroatoms. The fourth-order valence-electron chi connectivity index (χ4n) is 1.16. The summed E-state index contributed by atoms with van der Waals surface area (Å²) >= 11 is 0. The van der Waals surface area contributed by atoms with E-state index in [-0.39, 0.29) is 17.3 Å². The smallest absolute Gasteiger partial charge is 0.241 e. The number of primary sulfonamides is 2. The van der Waals surface area contributed by atoms with Crippen molar-refractivity contribution < 1.29 is 21.6 Å². The van der Waals surface area contributed by atoms with Crippen LogP contribution in [0.1, 0.15) is 6.92 Å². The number of hydrogen-bond acceptors (Lipinski definition) is 5. The molecule has 1 rings (SSSR count). The standard InChI is InChI=1S/C8H12N2O5S2/c1-2-15-7-4-3-6(16(9,11)12)5-8(7)17(10,13)14/h3-5H,2H2,1H3,(H2,9,11,12)(H2,10,13,14). The molecule has 0 fully saturated rings. The van der Waals surface area contributed by atoms with Crippen molar-refractivity contribution in [1.29, 1.82) is 0 Å². The van der Waals surface area contributed by atoms with Gasteiger partial charge in [0, 0.05) is 0 Å². The summed E-state index contributed by atoms with van der Waals surface area (Å²) in [5.41, 5.74) is 0. The lowest BCUT2D eigenvalue weighted by atomic mass is 10.3. The maximum absolute atomic E-state index is 11.3. The Morgan fingerprint density at radius 1 is 1.12 bits per heavy atom. The van der Waals surface area contributed by atoms with Gasteiger partial charge in [-0.05, 0) is 25.1 Å². The summed E-state index contributed by atoms with van der Waals surface area (Å²) in [7, 11) is -8.08. The molecule has 0 aliphatic heterocycles. The minimum atomic E-state index is -4.08. The lowest BCUT2D eigenvalue weighted by molar-refractivity contribution is 0.331. The number of sulfonamides is 2. The number of hydrogen-bond donors (Lipinski definition) is 2. The lowest BCUT2D eigenvalue weighted by Crippen LogP contribution is -2.17. The van der Waals surface area contributed by atoms with Crippen LogP contribution in [-0.4, -0.2) is 23.4 Å². The molecule has 0 bridgehead atoms. The molecule has 1 aromatic rings. The zero-order chi connectivity index (χ0) is 13.3. The summed E-state index contributed by atoms with van der Waals surface area (Å²) in [5.74, 6) is -0.0117. The van der Waals surface area contributed by atoms with E-state index in [0.29, 0.717) is 0 Å². The van der Waals surface area contributed by atoms with E-state index in [4.69, 9.17) is 15.0 Å². The normalized spacial score (nSPS) is 12.4. The Kier molecular flexibility index (Phi) is 3.77. The average molecular weight is 280 g/mol. The summed E-state index contributed by atoms with van der Waals surface area (Å²) in [5, 5.41) is 9.85. The van der Waals surface area contributed by atoms with Gasteiger partial charge in [0.2, 0.25) is 20.0 Å². The van der Waals surface area contributed by atoms with Gasteiger partial charge in [0.05, 0.1) is 11.5 Å². The molecule has 0 saturated carbocycles. The molecule has 4 N–H and O–H groups in total. The first-order valence-corrected chi connectivity index (χ1v) is 7.58. The van der Waals surface area contributed by atoms with Gasteiger partial charge in [0.15, 0.2) is 0 Å². The molecule has 0 heterocycles. The largest absolute Gasteiger partial charge is 0.492 e. The number of benzene rings is 1. The van der Waals surface area contributed by atoms with Gasteiger partial charge in [-0.3, -0.25) is 0 Å². The molecular weight excluding hydrogens is 268 g/mol. The van der Waals surface area contributed by atoms with Crippen LogP contribution in [-0.2, 0) is 20.0 Å². The van der Waals surface area contributed by atoms with Crippen molar-refractivity contribution in [2.24, 2.45) is 10.3 Å². The molecule has 0 spiro atoms. The van der Waals surface area contributed by atoms with Crippen molar-refractivity contribution in [3.63, 3.8) is 0 Å². The first-order chi connectivity index (χ1) is 7.66. The molecule has 0 saturated heterocycles. The summed E-state index contributed by atoms with van der Waals surface area (Å²) < 4.78 is 49.7. The topological polar surface area (TPSA) is 130 Å². The van der Waals surface area contributed by atoms with Crippen LogP contribution in [0.3, 0.4) is 0 Å². The highest BCUT2D eigenvalue weighted by Gasteiger charge is 2.19. The molecule has 1 aromatic carbocycles. The fraction of sp³-hybridized carbons (Fsp3) is 0.250. The SMILES string of the molecule is CCOc1ccc(S(N)(=O)=O)cc1S(N)(=O)=O. The minimum Gasteiger partial charge on any atom is -0.492 e. The first kappa shape index (κ1) is 13.9. The lowest BCUT2D eigenvalue weighted by Gasteiger charge is -2.09. The predicted octanol–water partition coefficient (Wildman–Crippen LogP) is -0.620.